The van der Waals surface area contributed by atoms with Crippen LogP contribution in [0.15, 0.2) is 48.5 Å². The summed E-state index contributed by atoms with van der Waals surface area (Å²) in [6, 6.07) is 15.9. The minimum atomic E-state index is -0.545. The van der Waals surface area contributed by atoms with E-state index in [0.29, 0.717) is 13.2 Å². The molecular weight excluding hydrogens is 326 g/mol. The van der Waals surface area contributed by atoms with Crippen LogP contribution in [-0.4, -0.2) is 25.2 Å². The zero-order valence-corrected chi connectivity index (χ0v) is 16.0. The Kier molecular flexibility index (Phi) is 8.00. The maximum Gasteiger partial charge on any atom is 0.260 e. The molecule has 0 spiro atoms. The van der Waals surface area contributed by atoms with Gasteiger partial charge in [0, 0.05) is 0 Å². The third-order valence-electron chi connectivity index (χ3n) is 4.16. The molecule has 2 rings (SSSR count). The fourth-order valence-corrected chi connectivity index (χ4v) is 2.68. The van der Waals surface area contributed by atoms with Crippen molar-refractivity contribution in [1.82, 2.24) is 5.32 Å². The summed E-state index contributed by atoms with van der Waals surface area (Å²) in [5, 5.41) is 2.85. The minimum absolute atomic E-state index is 0.141. The van der Waals surface area contributed by atoms with Crippen molar-refractivity contribution in [3.05, 3.63) is 59.7 Å². The molecule has 4 nitrogen and oxygen atoms in total. The minimum Gasteiger partial charge on any atom is -0.492 e. The molecule has 0 aliphatic carbocycles. The smallest absolute Gasteiger partial charge is 0.260 e. The van der Waals surface area contributed by atoms with Crippen molar-refractivity contribution in [3.8, 4) is 11.5 Å². The number of ether oxygens (including phenoxy) is 2. The molecule has 0 aliphatic rings. The summed E-state index contributed by atoms with van der Waals surface area (Å²) >= 11 is 0. The molecule has 4 heteroatoms. The van der Waals surface area contributed by atoms with Crippen LogP contribution in [0.3, 0.4) is 0 Å². The molecular formula is C22H29NO3. The van der Waals surface area contributed by atoms with E-state index in [9.17, 15) is 4.79 Å². The summed E-state index contributed by atoms with van der Waals surface area (Å²) in [6.07, 6.45) is 2.54. The van der Waals surface area contributed by atoms with E-state index >= 15 is 0 Å². The van der Waals surface area contributed by atoms with Gasteiger partial charge in [-0.3, -0.25) is 4.79 Å². The van der Waals surface area contributed by atoms with E-state index in [2.05, 4.69) is 31.3 Å². The highest BCUT2D eigenvalue weighted by molar-refractivity contribution is 5.80. The van der Waals surface area contributed by atoms with Gasteiger partial charge in [-0.05, 0) is 49.1 Å². The number of rotatable bonds is 10. The largest absolute Gasteiger partial charge is 0.492 e. The summed E-state index contributed by atoms with van der Waals surface area (Å²) in [5.74, 6) is 1.44. The lowest BCUT2D eigenvalue weighted by molar-refractivity contribution is -0.127. The Bertz CT molecular complexity index is 682. The van der Waals surface area contributed by atoms with Gasteiger partial charge in [0.05, 0.1) is 6.54 Å². The second-order valence-electron chi connectivity index (χ2n) is 6.25. The Morgan fingerprint density at radius 3 is 2.50 bits per heavy atom. The van der Waals surface area contributed by atoms with Crippen molar-refractivity contribution in [2.45, 2.75) is 46.1 Å². The third kappa shape index (κ3) is 6.10. The second-order valence-corrected chi connectivity index (χ2v) is 6.25. The number of carbonyl (C=O) groups excluding carboxylic acids is 1. The van der Waals surface area contributed by atoms with Crippen LogP contribution in [0.1, 0.15) is 38.3 Å². The number of para-hydroxylation sites is 1. The Labute approximate surface area is 156 Å². The Morgan fingerprint density at radius 1 is 1.08 bits per heavy atom. The van der Waals surface area contributed by atoms with Crippen molar-refractivity contribution in [2.24, 2.45) is 0 Å². The first-order chi connectivity index (χ1) is 12.6. The van der Waals surface area contributed by atoms with Gasteiger partial charge >= 0.3 is 0 Å². The molecule has 0 aromatic heterocycles. The summed E-state index contributed by atoms with van der Waals surface area (Å²) < 4.78 is 11.5. The second kappa shape index (κ2) is 10.5. The number of amides is 1. The lowest BCUT2D eigenvalue weighted by Gasteiger charge is -2.17. The molecule has 0 saturated heterocycles. The molecule has 2 aromatic rings. The average Bonchev–Trinajstić information content (AvgIpc) is 2.67. The molecule has 1 amide bonds. The molecule has 0 saturated carbocycles. The molecule has 0 fully saturated rings. The summed E-state index contributed by atoms with van der Waals surface area (Å²) in [5.41, 5.74) is 2.41. The highest BCUT2D eigenvalue weighted by atomic mass is 16.5. The standard InChI is InChI=1S/C22H29NO3/c1-4-8-18-11-13-20(14-12-18)25-16-15-23-22(24)17(3)26-21-10-7-6-9-19(21)5-2/h6-7,9-14,17H,4-5,8,15-16H2,1-3H3,(H,23,24)/t17-/m0/s1. The van der Waals surface area contributed by atoms with Crippen LogP contribution in [0, 0.1) is 0 Å². The van der Waals surface area contributed by atoms with E-state index < -0.39 is 6.10 Å². The monoisotopic (exact) mass is 355 g/mol. The summed E-state index contributed by atoms with van der Waals surface area (Å²) in [7, 11) is 0. The van der Waals surface area contributed by atoms with Gasteiger partial charge in [0.25, 0.3) is 5.91 Å². The predicted octanol–water partition coefficient (Wildman–Crippen LogP) is 4.16. The predicted molar refractivity (Wildman–Crippen MR) is 105 cm³/mol. The maximum atomic E-state index is 12.2. The zero-order chi connectivity index (χ0) is 18.8. The van der Waals surface area contributed by atoms with E-state index in [-0.39, 0.29) is 5.91 Å². The van der Waals surface area contributed by atoms with E-state index in [1.54, 1.807) is 6.92 Å². The van der Waals surface area contributed by atoms with Crippen molar-refractivity contribution in [3.63, 3.8) is 0 Å². The van der Waals surface area contributed by atoms with Crippen molar-refractivity contribution < 1.29 is 14.3 Å². The first-order valence-electron chi connectivity index (χ1n) is 9.38. The first-order valence-corrected chi connectivity index (χ1v) is 9.38. The van der Waals surface area contributed by atoms with Gasteiger partial charge in [-0.2, -0.15) is 0 Å². The molecule has 0 aliphatic heterocycles. The molecule has 2 aromatic carbocycles. The lowest BCUT2D eigenvalue weighted by Crippen LogP contribution is -2.38. The molecule has 26 heavy (non-hydrogen) atoms. The molecule has 0 unspecified atom stereocenters. The fourth-order valence-electron chi connectivity index (χ4n) is 2.68. The SMILES string of the molecule is CCCc1ccc(OCCNC(=O)[C@H](C)Oc2ccccc2CC)cc1. The molecule has 140 valence electrons. The lowest BCUT2D eigenvalue weighted by atomic mass is 10.1. The van der Waals surface area contributed by atoms with Crippen LogP contribution in [-0.2, 0) is 17.6 Å². The van der Waals surface area contributed by atoms with Gasteiger partial charge < -0.3 is 14.8 Å². The molecule has 0 bridgehead atoms. The van der Waals surface area contributed by atoms with E-state index in [0.717, 1.165) is 36.3 Å². The Hall–Kier alpha value is -2.49. The highest BCUT2D eigenvalue weighted by Gasteiger charge is 2.15. The number of aryl methyl sites for hydroxylation is 2. The van der Waals surface area contributed by atoms with Gasteiger partial charge in [-0.25, -0.2) is 0 Å². The zero-order valence-electron chi connectivity index (χ0n) is 16.0. The quantitative estimate of drug-likeness (QED) is 0.651. The molecule has 1 atom stereocenters. The Morgan fingerprint density at radius 2 is 1.81 bits per heavy atom. The van der Waals surface area contributed by atoms with Crippen LogP contribution < -0.4 is 14.8 Å². The number of hydrogen-bond donors (Lipinski definition) is 1. The van der Waals surface area contributed by atoms with Gasteiger partial charge in [-0.1, -0.05) is 50.6 Å². The van der Waals surface area contributed by atoms with Crippen LogP contribution in [0.25, 0.3) is 0 Å². The van der Waals surface area contributed by atoms with Gasteiger partial charge in [0.1, 0.15) is 18.1 Å². The van der Waals surface area contributed by atoms with E-state index in [1.807, 2.05) is 36.4 Å². The fraction of sp³-hybridized carbons (Fsp3) is 0.409. The maximum absolute atomic E-state index is 12.2. The van der Waals surface area contributed by atoms with Crippen LogP contribution in [0.4, 0.5) is 0 Å². The number of carbonyl (C=O) groups is 1. The van der Waals surface area contributed by atoms with Crippen LogP contribution in [0.5, 0.6) is 11.5 Å². The van der Waals surface area contributed by atoms with Gasteiger partial charge in [0.2, 0.25) is 0 Å². The van der Waals surface area contributed by atoms with Gasteiger partial charge in [0.15, 0.2) is 6.10 Å². The van der Waals surface area contributed by atoms with Crippen molar-refractivity contribution >= 4 is 5.91 Å². The normalized spacial score (nSPS) is 11.7. The van der Waals surface area contributed by atoms with Gasteiger partial charge in [-0.15, -0.1) is 0 Å². The molecule has 0 heterocycles. The number of nitrogens with one attached hydrogen (secondary N) is 1. The van der Waals surface area contributed by atoms with Crippen LogP contribution in [0.2, 0.25) is 0 Å². The first kappa shape index (κ1) is 19.8. The molecule has 1 N–H and O–H groups in total. The number of benzene rings is 2. The van der Waals surface area contributed by atoms with Crippen molar-refractivity contribution in [2.75, 3.05) is 13.2 Å². The Balaban J connectivity index is 1.72. The summed E-state index contributed by atoms with van der Waals surface area (Å²) in [4.78, 5) is 12.2. The molecule has 0 radical (unpaired) electrons. The third-order valence-corrected chi connectivity index (χ3v) is 4.16. The topological polar surface area (TPSA) is 47.6 Å². The summed E-state index contributed by atoms with van der Waals surface area (Å²) in [6.45, 7) is 6.86. The highest BCUT2D eigenvalue weighted by Crippen LogP contribution is 2.19. The van der Waals surface area contributed by atoms with E-state index in [1.165, 1.54) is 5.56 Å². The number of hydrogen-bond acceptors (Lipinski definition) is 3. The average molecular weight is 355 g/mol. The van der Waals surface area contributed by atoms with Crippen LogP contribution >= 0.6 is 0 Å². The van der Waals surface area contributed by atoms with Crippen molar-refractivity contribution in [1.29, 1.82) is 0 Å². The van der Waals surface area contributed by atoms with E-state index in [4.69, 9.17) is 9.47 Å².